The minimum atomic E-state index is -4.50. The van der Waals surface area contributed by atoms with Gasteiger partial charge in [0, 0.05) is 25.0 Å². The molecule has 0 fully saturated rings. The Morgan fingerprint density at radius 2 is 1.97 bits per heavy atom. The summed E-state index contributed by atoms with van der Waals surface area (Å²) in [5.41, 5.74) is 1.12. The molecule has 0 unspecified atom stereocenters. The number of aromatic nitrogens is 2. The Morgan fingerprint density at radius 1 is 1.18 bits per heavy atom. The van der Waals surface area contributed by atoms with Gasteiger partial charge in [-0.3, -0.25) is 4.79 Å². The van der Waals surface area contributed by atoms with E-state index < -0.39 is 33.2 Å². The van der Waals surface area contributed by atoms with Crippen molar-refractivity contribution in [1.82, 2.24) is 15.3 Å². The molecule has 1 amide bonds. The summed E-state index contributed by atoms with van der Waals surface area (Å²) in [6, 6.07) is 9.16. The highest BCUT2D eigenvalue weighted by atomic mass is 35.5. The van der Waals surface area contributed by atoms with Crippen LogP contribution in [0.15, 0.2) is 54.4 Å². The fourth-order valence-electron chi connectivity index (χ4n) is 3.69. The molecule has 0 bridgehead atoms. The van der Waals surface area contributed by atoms with Crippen molar-refractivity contribution in [3.8, 4) is 11.5 Å². The Hall–Kier alpha value is -3.84. The van der Waals surface area contributed by atoms with E-state index in [9.17, 15) is 26.4 Å². The van der Waals surface area contributed by atoms with E-state index >= 15 is 0 Å². The van der Waals surface area contributed by atoms with E-state index in [1.807, 2.05) is 6.08 Å². The van der Waals surface area contributed by atoms with E-state index in [-0.39, 0.29) is 23.1 Å². The number of hydrogen-bond donors (Lipinski definition) is 3. The van der Waals surface area contributed by atoms with E-state index in [2.05, 4.69) is 25.9 Å². The summed E-state index contributed by atoms with van der Waals surface area (Å²) in [6.45, 7) is 0.682. The number of halogens is 4. The van der Waals surface area contributed by atoms with Gasteiger partial charge in [-0.2, -0.15) is 13.2 Å². The fraction of sp³-hybridized carbons (Fsp3) is 0.240. The maximum atomic E-state index is 13.0. The number of anilines is 3. The second kappa shape index (κ2) is 11.5. The van der Waals surface area contributed by atoms with E-state index in [4.69, 9.17) is 16.3 Å². The minimum absolute atomic E-state index is 0.0130. The molecule has 0 spiro atoms. The number of nitrogens with zero attached hydrogens (tertiary/aromatic N) is 2. The highest BCUT2D eigenvalue weighted by Crippen LogP contribution is 2.36. The van der Waals surface area contributed by atoms with Crippen LogP contribution in [0.3, 0.4) is 0 Å². The summed E-state index contributed by atoms with van der Waals surface area (Å²) in [7, 11) is -3.44. The molecule has 4 rings (SSSR count). The summed E-state index contributed by atoms with van der Waals surface area (Å²) in [6.07, 6.45) is 0.238. The van der Waals surface area contributed by atoms with Crippen molar-refractivity contribution in [2.75, 3.05) is 35.7 Å². The molecule has 3 aromatic rings. The molecule has 0 atom stereocenters. The lowest BCUT2D eigenvalue weighted by atomic mass is 10.1. The summed E-state index contributed by atoms with van der Waals surface area (Å²) in [5, 5.41) is 9.10. The molecule has 2 heterocycles. The average molecular weight is 582 g/mol. The second-order valence-electron chi connectivity index (χ2n) is 8.71. The normalized spacial score (nSPS) is 13.4. The Balaban J connectivity index is 1.51. The van der Waals surface area contributed by atoms with Crippen molar-refractivity contribution in [3.63, 3.8) is 0 Å². The number of nitrogens with one attached hydrogen (secondary N) is 3. The lowest BCUT2D eigenvalue weighted by molar-refractivity contribution is -0.137. The van der Waals surface area contributed by atoms with E-state index in [0.29, 0.717) is 35.9 Å². The first kappa shape index (κ1) is 28.2. The van der Waals surface area contributed by atoms with Gasteiger partial charge in [-0.25, -0.2) is 18.4 Å². The van der Waals surface area contributed by atoms with Gasteiger partial charge in [0.25, 0.3) is 0 Å². The molecule has 39 heavy (non-hydrogen) atoms. The van der Waals surface area contributed by atoms with Crippen molar-refractivity contribution in [3.05, 3.63) is 70.5 Å². The number of fused-ring (bicyclic) bond motifs is 1. The quantitative estimate of drug-likeness (QED) is 0.338. The SMILES string of the molecule is CS(=O)(=O)CC(=O)NCC1=Cc2c(ncnc2Nc2ccc(Oc3cccc(C(F)(F)F)c3)c(Cl)c2)NCC1. The van der Waals surface area contributed by atoms with E-state index in [1.54, 1.807) is 12.1 Å². The van der Waals surface area contributed by atoms with Crippen LogP contribution >= 0.6 is 11.6 Å². The van der Waals surface area contributed by atoms with Crippen LogP contribution in [-0.2, 0) is 20.8 Å². The standard InChI is InChI=1S/C25H23ClF3N5O4S/c1-39(36,37)13-22(35)31-12-15-7-8-30-23-19(9-15)24(33-14-32-23)34-17-5-6-21(20(26)11-17)38-18-4-2-3-16(10-18)25(27,28)29/h2-6,9-11,14H,7-8,12-13H2,1H3,(H,31,35)(H2,30,32,33,34). The Morgan fingerprint density at radius 3 is 2.69 bits per heavy atom. The molecule has 3 N–H and O–H groups in total. The van der Waals surface area contributed by atoms with Gasteiger partial charge in [0.05, 0.1) is 16.1 Å². The highest BCUT2D eigenvalue weighted by Gasteiger charge is 2.30. The lowest BCUT2D eigenvalue weighted by Gasteiger charge is -2.14. The number of hydrogen-bond acceptors (Lipinski definition) is 8. The van der Waals surface area contributed by atoms with Crippen molar-refractivity contribution in [2.24, 2.45) is 0 Å². The van der Waals surface area contributed by atoms with Crippen molar-refractivity contribution >= 4 is 50.7 Å². The molecular formula is C25H23ClF3N5O4S. The topological polar surface area (TPSA) is 122 Å². The second-order valence-corrected chi connectivity index (χ2v) is 11.3. The number of benzene rings is 2. The summed E-state index contributed by atoms with van der Waals surface area (Å²) in [5.74, 6) is -0.0602. The molecule has 0 radical (unpaired) electrons. The molecule has 0 saturated carbocycles. The zero-order chi connectivity index (χ0) is 28.2. The van der Waals surface area contributed by atoms with Gasteiger partial charge in [0.2, 0.25) is 5.91 Å². The number of alkyl halides is 3. The molecule has 2 aromatic carbocycles. The molecule has 0 saturated heterocycles. The van der Waals surface area contributed by atoms with Crippen LogP contribution in [0.1, 0.15) is 17.5 Å². The molecule has 0 aliphatic carbocycles. The van der Waals surface area contributed by atoms with Crippen LogP contribution < -0.4 is 20.7 Å². The minimum Gasteiger partial charge on any atom is -0.456 e. The maximum Gasteiger partial charge on any atom is 0.416 e. The third kappa shape index (κ3) is 7.83. The van der Waals surface area contributed by atoms with Crippen LogP contribution in [0, 0.1) is 0 Å². The molecule has 14 heteroatoms. The predicted molar refractivity (Wildman–Crippen MR) is 142 cm³/mol. The Labute approximate surface area is 227 Å². The fourth-order valence-corrected chi connectivity index (χ4v) is 4.49. The Bertz CT molecular complexity index is 1530. The van der Waals surface area contributed by atoms with Crippen molar-refractivity contribution in [2.45, 2.75) is 12.6 Å². The van der Waals surface area contributed by atoms with Gasteiger partial charge in [-0.1, -0.05) is 17.7 Å². The smallest absolute Gasteiger partial charge is 0.416 e. The van der Waals surface area contributed by atoms with Gasteiger partial charge in [-0.05, 0) is 54.5 Å². The third-order valence-electron chi connectivity index (χ3n) is 5.46. The van der Waals surface area contributed by atoms with Crippen LogP contribution in [-0.4, -0.2) is 49.4 Å². The zero-order valence-corrected chi connectivity index (χ0v) is 22.0. The average Bonchev–Trinajstić information content (AvgIpc) is 3.06. The van der Waals surface area contributed by atoms with Crippen molar-refractivity contribution in [1.29, 1.82) is 0 Å². The molecule has 206 valence electrons. The van der Waals surface area contributed by atoms with Crippen LogP contribution in [0.25, 0.3) is 6.08 Å². The molecule has 1 aromatic heterocycles. The van der Waals surface area contributed by atoms with Crippen LogP contribution in [0.4, 0.5) is 30.5 Å². The highest BCUT2D eigenvalue weighted by molar-refractivity contribution is 7.91. The van der Waals surface area contributed by atoms with Crippen LogP contribution in [0.2, 0.25) is 5.02 Å². The zero-order valence-electron chi connectivity index (χ0n) is 20.5. The van der Waals surface area contributed by atoms with E-state index in [1.165, 1.54) is 24.5 Å². The van der Waals surface area contributed by atoms with Crippen molar-refractivity contribution < 1.29 is 31.1 Å². The maximum absolute atomic E-state index is 13.0. The summed E-state index contributed by atoms with van der Waals surface area (Å²) < 4.78 is 67.3. The predicted octanol–water partition coefficient (Wildman–Crippen LogP) is 5.04. The first-order valence-electron chi connectivity index (χ1n) is 11.5. The molecular weight excluding hydrogens is 559 g/mol. The number of carbonyl (C=O) groups is 1. The number of carbonyl (C=O) groups excluding carboxylic acids is 1. The number of ether oxygens (including phenoxy) is 1. The van der Waals surface area contributed by atoms with Gasteiger partial charge >= 0.3 is 6.18 Å². The largest absolute Gasteiger partial charge is 0.456 e. The molecule has 1 aliphatic heterocycles. The Kier molecular flexibility index (Phi) is 8.31. The van der Waals surface area contributed by atoms with Gasteiger partial charge in [-0.15, -0.1) is 0 Å². The van der Waals surface area contributed by atoms with Crippen LogP contribution in [0.5, 0.6) is 11.5 Å². The lowest BCUT2D eigenvalue weighted by Crippen LogP contribution is -2.31. The third-order valence-corrected chi connectivity index (χ3v) is 6.54. The monoisotopic (exact) mass is 581 g/mol. The summed E-state index contributed by atoms with van der Waals surface area (Å²) >= 11 is 6.36. The van der Waals surface area contributed by atoms with E-state index in [0.717, 1.165) is 24.0 Å². The van der Waals surface area contributed by atoms with Gasteiger partial charge < -0.3 is 20.7 Å². The number of rotatable bonds is 8. The van der Waals surface area contributed by atoms with Gasteiger partial charge in [0.1, 0.15) is 35.2 Å². The molecule has 9 nitrogen and oxygen atoms in total. The van der Waals surface area contributed by atoms with Gasteiger partial charge in [0.15, 0.2) is 9.84 Å². The first-order chi connectivity index (χ1) is 18.4. The summed E-state index contributed by atoms with van der Waals surface area (Å²) in [4.78, 5) is 20.5. The number of amides is 1. The first-order valence-corrected chi connectivity index (χ1v) is 14.0. The molecule has 1 aliphatic rings. The number of sulfone groups is 1.